The molecule has 0 saturated heterocycles. The number of carbonyl (C=O) groups excluding carboxylic acids is 1. The maximum Gasteiger partial charge on any atom is 0.251 e. The first-order valence-electron chi connectivity index (χ1n) is 7.48. The summed E-state index contributed by atoms with van der Waals surface area (Å²) in [6, 6.07) is 13.0. The number of fused-ring (bicyclic) bond motifs is 1. The molecule has 2 N–H and O–H groups in total. The van der Waals surface area contributed by atoms with Gasteiger partial charge in [0.15, 0.2) is 0 Å². The third kappa shape index (κ3) is 3.04. The van der Waals surface area contributed by atoms with Gasteiger partial charge in [-0.05, 0) is 43.7 Å². The Labute approximate surface area is 134 Å². The number of aromatic nitrogens is 2. The van der Waals surface area contributed by atoms with Crippen LogP contribution in [0.1, 0.15) is 34.7 Å². The standard InChI is InChI=1S/C18H19N3O2/c1-11-8-9-13(10-16(11)23-3)18(22)19-12(2)17-20-14-6-4-5-7-15(14)21-17/h4-10,12H,1-3H3,(H,19,22)(H,20,21)/t12-/m0/s1. The normalized spacial score (nSPS) is 12.1. The summed E-state index contributed by atoms with van der Waals surface area (Å²) >= 11 is 0. The summed E-state index contributed by atoms with van der Waals surface area (Å²) in [5, 5.41) is 2.96. The van der Waals surface area contributed by atoms with Crippen molar-refractivity contribution in [2.45, 2.75) is 19.9 Å². The van der Waals surface area contributed by atoms with Crippen LogP contribution >= 0.6 is 0 Å². The van der Waals surface area contributed by atoms with Crippen LogP contribution in [0.25, 0.3) is 11.0 Å². The zero-order valence-electron chi connectivity index (χ0n) is 13.4. The molecule has 5 heteroatoms. The van der Waals surface area contributed by atoms with E-state index in [-0.39, 0.29) is 11.9 Å². The number of nitrogens with zero attached hydrogens (tertiary/aromatic N) is 1. The van der Waals surface area contributed by atoms with Gasteiger partial charge in [0.25, 0.3) is 5.91 Å². The molecule has 0 fully saturated rings. The molecule has 0 aliphatic carbocycles. The van der Waals surface area contributed by atoms with Crippen molar-refractivity contribution in [3.8, 4) is 5.75 Å². The Kier molecular flexibility index (Phi) is 4.02. The summed E-state index contributed by atoms with van der Waals surface area (Å²) < 4.78 is 5.27. The van der Waals surface area contributed by atoms with Gasteiger partial charge in [-0.1, -0.05) is 18.2 Å². The fraction of sp³-hybridized carbons (Fsp3) is 0.222. The average molecular weight is 309 g/mol. The lowest BCUT2D eigenvalue weighted by Crippen LogP contribution is -2.27. The molecule has 0 bridgehead atoms. The third-order valence-electron chi connectivity index (χ3n) is 3.84. The van der Waals surface area contributed by atoms with Crippen LogP contribution in [0, 0.1) is 6.92 Å². The lowest BCUT2D eigenvalue weighted by Gasteiger charge is -2.12. The number of amides is 1. The molecule has 118 valence electrons. The molecule has 0 aliphatic heterocycles. The number of H-pyrrole nitrogens is 1. The van der Waals surface area contributed by atoms with E-state index in [4.69, 9.17) is 4.74 Å². The van der Waals surface area contributed by atoms with Crippen molar-refractivity contribution in [2.75, 3.05) is 7.11 Å². The van der Waals surface area contributed by atoms with Crippen LogP contribution in [0.15, 0.2) is 42.5 Å². The number of para-hydroxylation sites is 2. The summed E-state index contributed by atoms with van der Waals surface area (Å²) in [6.07, 6.45) is 0. The Bertz CT molecular complexity index is 821. The van der Waals surface area contributed by atoms with E-state index < -0.39 is 0 Å². The van der Waals surface area contributed by atoms with Crippen LogP contribution in [-0.2, 0) is 0 Å². The number of aryl methyl sites for hydroxylation is 1. The smallest absolute Gasteiger partial charge is 0.251 e. The number of benzene rings is 2. The zero-order chi connectivity index (χ0) is 16.4. The second-order valence-electron chi connectivity index (χ2n) is 5.52. The minimum Gasteiger partial charge on any atom is -0.496 e. The predicted octanol–water partition coefficient (Wildman–Crippen LogP) is 3.37. The van der Waals surface area contributed by atoms with Gasteiger partial charge in [0, 0.05) is 5.56 Å². The molecule has 0 aliphatic rings. The van der Waals surface area contributed by atoms with Gasteiger partial charge in [0.2, 0.25) is 0 Å². The van der Waals surface area contributed by atoms with E-state index in [9.17, 15) is 4.79 Å². The number of carbonyl (C=O) groups is 1. The van der Waals surface area contributed by atoms with Crippen molar-refractivity contribution in [3.63, 3.8) is 0 Å². The molecule has 0 saturated carbocycles. The van der Waals surface area contributed by atoms with Crippen LogP contribution < -0.4 is 10.1 Å². The van der Waals surface area contributed by atoms with Crippen molar-refractivity contribution in [1.82, 2.24) is 15.3 Å². The van der Waals surface area contributed by atoms with Gasteiger partial charge < -0.3 is 15.0 Å². The Balaban J connectivity index is 1.79. The molecular formula is C18H19N3O2. The highest BCUT2D eigenvalue weighted by Crippen LogP contribution is 2.20. The number of aromatic amines is 1. The van der Waals surface area contributed by atoms with Gasteiger partial charge in [0.1, 0.15) is 11.6 Å². The van der Waals surface area contributed by atoms with Gasteiger partial charge >= 0.3 is 0 Å². The van der Waals surface area contributed by atoms with E-state index in [0.29, 0.717) is 11.3 Å². The average Bonchev–Trinajstić information content (AvgIpc) is 2.99. The second kappa shape index (κ2) is 6.12. The van der Waals surface area contributed by atoms with E-state index >= 15 is 0 Å². The highest BCUT2D eigenvalue weighted by atomic mass is 16.5. The van der Waals surface area contributed by atoms with Crippen LogP contribution in [0.4, 0.5) is 0 Å². The van der Waals surface area contributed by atoms with Gasteiger partial charge in [-0.25, -0.2) is 4.98 Å². The fourth-order valence-corrected chi connectivity index (χ4v) is 2.49. The van der Waals surface area contributed by atoms with E-state index in [2.05, 4.69) is 15.3 Å². The number of rotatable bonds is 4. The Hall–Kier alpha value is -2.82. The van der Waals surface area contributed by atoms with Crippen LogP contribution in [0.5, 0.6) is 5.75 Å². The van der Waals surface area contributed by atoms with Crippen LogP contribution in [-0.4, -0.2) is 23.0 Å². The summed E-state index contributed by atoms with van der Waals surface area (Å²) in [6.45, 7) is 3.85. The highest BCUT2D eigenvalue weighted by molar-refractivity contribution is 5.95. The monoisotopic (exact) mass is 309 g/mol. The summed E-state index contributed by atoms with van der Waals surface area (Å²) in [7, 11) is 1.60. The maximum absolute atomic E-state index is 12.4. The largest absolute Gasteiger partial charge is 0.496 e. The molecule has 0 spiro atoms. The molecule has 3 aromatic rings. The molecule has 1 heterocycles. The fourth-order valence-electron chi connectivity index (χ4n) is 2.49. The van der Waals surface area contributed by atoms with E-state index in [1.165, 1.54) is 0 Å². The first-order chi connectivity index (χ1) is 11.1. The molecule has 2 aromatic carbocycles. The van der Waals surface area contributed by atoms with Crippen molar-refractivity contribution < 1.29 is 9.53 Å². The van der Waals surface area contributed by atoms with Crippen molar-refractivity contribution >= 4 is 16.9 Å². The van der Waals surface area contributed by atoms with Crippen LogP contribution in [0.2, 0.25) is 0 Å². The van der Waals surface area contributed by atoms with E-state index in [0.717, 1.165) is 22.4 Å². The molecule has 1 amide bonds. The quantitative estimate of drug-likeness (QED) is 0.776. The molecule has 5 nitrogen and oxygen atoms in total. The number of hydrogen-bond donors (Lipinski definition) is 2. The van der Waals surface area contributed by atoms with E-state index in [1.54, 1.807) is 19.2 Å². The molecule has 1 aromatic heterocycles. The number of hydrogen-bond acceptors (Lipinski definition) is 3. The van der Waals surface area contributed by atoms with Gasteiger partial charge in [-0.2, -0.15) is 0 Å². The van der Waals surface area contributed by atoms with Gasteiger partial charge in [-0.15, -0.1) is 0 Å². The SMILES string of the molecule is COc1cc(C(=O)N[C@@H](C)c2nc3ccccc3[nH]2)ccc1C. The minimum atomic E-state index is -0.220. The topological polar surface area (TPSA) is 67.0 Å². The van der Waals surface area contributed by atoms with Gasteiger partial charge in [-0.3, -0.25) is 4.79 Å². The summed E-state index contributed by atoms with van der Waals surface area (Å²) in [4.78, 5) is 20.2. The molecular weight excluding hydrogens is 290 g/mol. The first kappa shape index (κ1) is 15.1. The third-order valence-corrected chi connectivity index (χ3v) is 3.84. The molecule has 0 radical (unpaired) electrons. The molecule has 3 rings (SSSR count). The Morgan fingerprint density at radius 2 is 2.04 bits per heavy atom. The number of nitrogens with one attached hydrogen (secondary N) is 2. The van der Waals surface area contributed by atoms with Crippen molar-refractivity contribution in [1.29, 1.82) is 0 Å². The summed E-state index contributed by atoms with van der Waals surface area (Å²) in [5.74, 6) is 1.28. The predicted molar refractivity (Wildman–Crippen MR) is 89.7 cm³/mol. The highest BCUT2D eigenvalue weighted by Gasteiger charge is 2.15. The molecule has 1 atom stereocenters. The Morgan fingerprint density at radius 1 is 1.26 bits per heavy atom. The minimum absolute atomic E-state index is 0.156. The maximum atomic E-state index is 12.4. The van der Waals surface area contributed by atoms with E-state index in [1.807, 2.05) is 44.2 Å². The number of methoxy groups -OCH3 is 1. The number of ether oxygens (including phenoxy) is 1. The lowest BCUT2D eigenvalue weighted by molar-refractivity contribution is 0.0938. The molecule has 0 unspecified atom stereocenters. The second-order valence-corrected chi connectivity index (χ2v) is 5.52. The van der Waals surface area contributed by atoms with Crippen LogP contribution in [0.3, 0.4) is 0 Å². The zero-order valence-corrected chi connectivity index (χ0v) is 13.4. The lowest BCUT2D eigenvalue weighted by atomic mass is 10.1. The number of imidazole rings is 1. The first-order valence-corrected chi connectivity index (χ1v) is 7.48. The molecule has 23 heavy (non-hydrogen) atoms. The van der Waals surface area contributed by atoms with Crippen molar-refractivity contribution in [3.05, 3.63) is 59.4 Å². The Morgan fingerprint density at radius 3 is 2.78 bits per heavy atom. The summed E-state index contributed by atoms with van der Waals surface area (Å²) in [5.41, 5.74) is 3.41. The van der Waals surface area contributed by atoms with Gasteiger partial charge in [0.05, 0.1) is 24.2 Å². The van der Waals surface area contributed by atoms with Crippen molar-refractivity contribution in [2.24, 2.45) is 0 Å².